The van der Waals surface area contributed by atoms with Gasteiger partial charge < -0.3 is 14.7 Å². The summed E-state index contributed by atoms with van der Waals surface area (Å²) in [5.41, 5.74) is 0.0818. The van der Waals surface area contributed by atoms with E-state index in [1.54, 1.807) is 13.8 Å². The number of aliphatic hydroxyl groups excluding tert-OH is 1. The number of rotatable bonds is 6. The van der Waals surface area contributed by atoms with E-state index in [-0.39, 0.29) is 12.2 Å². The molecule has 0 bridgehead atoms. The molecule has 1 rings (SSSR count). The summed E-state index contributed by atoms with van der Waals surface area (Å²) in [5, 5.41) is 9.74. The van der Waals surface area contributed by atoms with Crippen LogP contribution in [-0.2, 0) is 14.3 Å². The Balaban J connectivity index is 2.75. The van der Waals surface area contributed by atoms with Gasteiger partial charge in [-0.2, -0.15) is 0 Å². The number of ether oxygens (including phenoxy) is 1. The molecular formula is C13H21NO4. The molecule has 102 valence electrons. The highest BCUT2D eigenvalue weighted by Gasteiger charge is 2.40. The summed E-state index contributed by atoms with van der Waals surface area (Å²) in [6.45, 7) is 6.29. The first kappa shape index (κ1) is 14.5. The highest BCUT2D eigenvalue weighted by molar-refractivity contribution is 6.05. The Hall–Kier alpha value is -1.52. The summed E-state index contributed by atoms with van der Waals surface area (Å²) in [4.78, 5) is 25.0. The average molecular weight is 255 g/mol. The van der Waals surface area contributed by atoms with E-state index in [9.17, 15) is 14.7 Å². The molecule has 0 aromatic rings. The summed E-state index contributed by atoms with van der Waals surface area (Å²) >= 11 is 0. The van der Waals surface area contributed by atoms with Crippen molar-refractivity contribution in [2.24, 2.45) is 0 Å². The molecule has 0 radical (unpaired) electrons. The number of esters is 1. The SMILES string of the molecule is CCCCCN1C(=O)C(O)=C(C(=O)OCC)C1C. The van der Waals surface area contributed by atoms with E-state index in [1.807, 2.05) is 0 Å². The fourth-order valence-corrected chi connectivity index (χ4v) is 2.08. The molecule has 5 nitrogen and oxygen atoms in total. The van der Waals surface area contributed by atoms with E-state index in [0.717, 1.165) is 19.3 Å². The number of carbonyl (C=O) groups excluding carboxylic acids is 2. The molecule has 1 heterocycles. The first-order chi connectivity index (χ1) is 8.54. The first-order valence-corrected chi connectivity index (χ1v) is 6.45. The summed E-state index contributed by atoms with van der Waals surface area (Å²) in [6.07, 6.45) is 2.95. The summed E-state index contributed by atoms with van der Waals surface area (Å²) in [6, 6.07) is -0.409. The fraction of sp³-hybridized carbons (Fsp3) is 0.692. The van der Waals surface area contributed by atoms with Gasteiger partial charge in [-0.25, -0.2) is 4.79 Å². The Labute approximate surface area is 107 Å². The van der Waals surface area contributed by atoms with Crippen molar-refractivity contribution in [2.45, 2.75) is 46.1 Å². The second-order valence-electron chi connectivity index (χ2n) is 4.36. The van der Waals surface area contributed by atoms with Crippen LogP contribution in [0, 0.1) is 0 Å². The number of aliphatic hydroxyl groups is 1. The monoisotopic (exact) mass is 255 g/mol. The third-order valence-corrected chi connectivity index (χ3v) is 3.10. The largest absolute Gasteiger partial charge is 0.503 e. The topological polar surface area (TPSA) is 66.8 Å². The minimum atomic E-state index is -0.603. The molecule has 0 aliphatic carbocycles. The van der Waals surface area contributed by atoms with Crippen molar-refractivity contribution >= 4 is 11.9 Å². The van der Waals surface area contributed by atoms with Crippen LogP contribution in [0.25, 0.3) is 0 Å². The lowest BCUT2D eigenvalue weighted by Crippen LogP contribution is -2.35. The zero-order chi connectivity index (χ0) is 13.7. The van der Waals surface area contributed by atoms with Gasteiger partial charge in [0.05, 0.1) is 12.6 Å². The van der Waals surface area contributed by atoms with E-state index in [4.69, 9.17) is 4.74 Å². The third-order valence-electron chi connectivity index (χ3n) is 3.10. The van der Waals surface area contributed by atoms with Crippen LogP contribution in [0.4, 0.5) is 0 Å². The molecule has 5 heteroatoms. The number of unbranched alkanes of at least 4 members (excludes halogenated alkanes) is 2. The summed E-state index contributed by atoms with van der Waals surface area (Å²) in [5.74, 6) is -1.53. The van der Waals surface area contributed by atoms with E-state index in [0.29, 0.717) is 6.54 Å². The van der Waals surface area contributed by atoms with Crippen LogP contribution < -0.4 is 0 Å². The standard InChI is InChI=1S/C13H21NO4/c1-4-6-7-8-14-9(3)10(11(15)12(14)16)13(17)18-5-2/h9,15H,4-8H2,1-3H3. The smallest absolute Gasteiger partial charge is 0.340 e. The van der Waals surface area contributed by atoms with Crippen LogP contribution in [0.15, 0.2) is 11.3 Å². The molecule has 1 unspecified atom stereocenters. The van der Waals surface area contributed by atoms with Gasteiger partial charge in [0.15, 0.2) is 5.76 Å². The Kier molecular flexibility index (Phi) is 5.19. The van der Waals surface area contributed by atoms with Crippen molar-refractivity contribution < 1.29 is 19.4 Å². The maximum atomic E-state index is 11.8. The van der Waals surface area contributed by atoms with Gasteiger partial charge in [-0.3, -0.25) is 4.79 Å². The predicted molar refractivity (Wildman–Crippen MR) is 67.0 cm³/mol. The van der Waals surface area contributed by atoms with Crippen molar-refractivity contribution in [1.29, 1.82) is 0 Å². The van der Waals surface area contributed by atoms with E-state index < -0.39 is 23.7 Å². The molecule has 18 heavy (non-hydrogen) atoms. The third kappa shape index (κ3) is 2.83. The molecule has 1 N–H and O–H groups in total. The van der Waals surface area contributed by atoms with Crippen LogP contribution in [0.2, 0.25) is 0 Å². The maximum Gasteiger partial charge on any atom is 0.340 e. The fourth-order valence-electron chi connectivity index (χ4n) is 2.08. The van der Waals surface area contributed by atoms with Gasteiger partial charge in [-0.05, 0) is 20.3 Å². The molecule has 0 saturated heterocycles. The molecule has 1 aliphatic rings. The number of hydrogen-bond donors (Lipinski definition) is 1. The molecular weight excluding hydrogens is 234 g/mol. The molecule has 1 atom stereocenters. The second-order valence-corrected chi connectivity index (χ2v) is 4.36. The van der Waals surface area contributed by atoms with Gasteiger partial charge in [0, 0.05) is 6.54 Å². The van der Waals surface area contributed by atoms with E-state index in [1.165, 1.54) is 4.90 Å². The maximum absolute atomic E-state index is 11.8. The number of hydrogen-bond acceptors (Lipinski definition) is 4. The average Bonchev–Trinajstić information content (AvgIpc) is 2.53. The molecule has 0 fully saturated rings. The van der Waals surface area contributed by atoms with Crippen molar-refractivity contribution in [2.75, 3.05) is 13.2 Å². The molecule has 1 amide bonds. The number of carbonyl (C=O) groups is 2. The predicted octanol–water partition coefficient (Wildman–Crippen LogP) is 1.78. The van der Waals surface area contributed by atoms with Crippen molar-refractivity contribution in [3.63, 3.8) is 0 Å². The van der Waals surface area contributed by atoms with Gasteiger partial charge in [0.1, 0.15) is 5.57 Å². The van der Waals surface area contributed by atoms with Gasteiger partial charge in [0.2, 0.25) is 0 Å². The van der Waals surface area contributed by atoms with Crippen molar-refractivity contribution in [1.82, 2.24) is 4.90 Å². The highest BCUT2D eigenvalue weighted by atomic mass is 16.5. The van der Waals surface area contributed by atoms with Crippen LogP contribution in [-0.4, -0.2) is 41.1 Å². The Morgan fingerprint density at radius 1 is 1.39 bits per heavy atom. The van der Waals surface area contributed by atoms with Gasteiger partial charge in [0.25, 0.3) is 5.91 Å². The number of amides is 1. The zero-order valence-corrected chi connectivity index (χ0v) is 11.2. The van der Waals surface area contributed by atoms with Crippen molar-refractivity contribution in [3.05, 3.63) is 11.3 Å². The Bertz CT molecular complexity index is 362. The summed E-state index contributed by atoms with van der Waals surface area (Å²) < 4.78 is 4.85. The summed E-state index contributed by atoms with van der Waals surface area (Å²) in [7, 11) is 0. The second kappa shape index (κ2) is 6.42. The molecule has 1 aliphatic heterocycles. The molecule has 0 aromatic carbocycles. The lowest BCUT2D eigenvalue weighted by atomic mass is 10.1. The Morgan fingerprint density at radius 3 is 2.61 bits per heavy atom. The zero-order valence-electron chi connectivity index (χ0n) is 11.2. The first-order valence-electron chi connectivity index (χ1n) is 6.45. The van der Waals surface area contributed by atoms with Gasteiger partial charge in [-0.15, -0.1) is 0 Å². The normalized spacial score (nSPS) is 19.6. The van der Waals surface area contributed by atoms with E-state index in [2.05, 4.69) is 6.92 Å². The van der Waals surface area contributed by atoms with Gasteiger partial charge in [-0.1, -0.05) is 19.8 Å². The number of nitrogens with zero attached hydrogens (tertiary/aromatic N) is 1. The molecule has 0 aromatic heterocycles. The lowest BCUT2D eigenvalue weighted by Gasteiger charge is -2.22. The molecule has 0 spiro atoms. The van der Waals surface area contributed by atoms with Crippen LogP contribution in [0.3, 0.4) is 0 Å². The van der Waals surface area contributed by atoms with Crippen LogP contribution >= 0.6 is 0 Å². The highest BCUT2D eigenvalue weighted by Crippen LogP contribution is 2.25. The minimum absolute atomic E-state index is 0.0818. The lowest BCUT2D eigenvalue weighted by molar-refractivity contribution is -0.139. The molecule has 0 saturated carbocycles. The van der Waals surface area contributed by atoms with Crippen LogP contribution in [0.5, 0.6) is 0 Å². The van der Waals surface area contributed by atoms with Gasteiger partial charge >= 0.3 is 5.97 Å². The Morgan fingerprint density at radius 2 is 2.06 bits per heavy atom. The quantitative estimate of drug-likeness (QED) is 0.580. The minimum Gasteiger partial charge on any atom is -0.503 e. The van der Waals surface area contributed by atoms with Crippen molar-refractivity contribution in [3.8, 4) is 0 Å². The van der Waals surface area contributed by atoms with E-state index >= 15 is 0 Å². The van der Waals surface area contributed by atoms with Crippen LogP contribution in [0.1, 0.15) is 40.0 Å².